The summed E-state index contributed by atoms with van der Waals surface area (Å²) in [6.45, 7) is 4.20. The maximum atomic E-state index is 12.1. The Bertz CT molecular complexity index is 711. The molecule has 5 nitrogen and oxygen atoms in total. The van der Waals surface area contributed by atoms with E-state index in [9.17, 15) is 14.7 Å². The van der Waals surface area contributed by atoms with Crippen molar-refractivity contribution in [3.05, 3.63) is 35.5 Å². The summed E-state index contributed by atoms with van der Waals surface area (Å²) in [6, 6.07) is 6.70. The van der Waals surface area contributed by atoms with Crippen molar-refractivity contribution in [3.8, 4) is 0 Å². The average molecular weight is 337 g/mol. The maximum Gasteiger partial charge on any atom is 0.326 e. The van der Waals surface area contributed by atoms with Gasteiger partial charge in [0, 0.05) is 35.1 Å². The molecule has 124 valence electrons. The number of rotatable bonds is 7. The lowest BCUT2D eigenvalue weighted by Gasteiger charge is -2.20. The molecule has 6 heteroatoms. The molecule has 0 aliphatic carbocycles. The molecule has 0 bridgehead atoms. The first-order valence-corrected chi connectivity index (χ1v) is 8.07. The number of nitrogens with one attached hydrogen (secondary N) is 1. The van der Waals surface area contributed by atoms with Crippen LogP contribution in [0, 0.1) is 5.92 Å². The number of carboxylic acid groups (broad SMARTS) is 1. The highest BCUT2D eigenvalue weighted by atomic mass is 35.5. The number of hydrogen-bond acceptors (Lipinski definition) is 2. The third-order valence-corrected chi connectivity index (χ3v) is 4.47. The number of amides is 1. The van der Waals surface area contributed by atoms with Crippen LogP contribution < -0.4 is 5.32 Å². The number of nitrogens with zero attached hydrogens (tertiary/aromatic N) is 1. The highest BCUT2D eigenvalue weighted by Crippen LogP contribution is 2.24. The summed E-state index contributed by atoms with van der Waals surface area (Å²) in [4.78, 5) is 23.3. The van der Waals surface area contributed by atoms with Gasteiger partial charge in [-0.15, -0.1) is 0 Å². The fourth-order valence-corrected chi connectivity index (χ4v) is 2.76. The first kappa shape index (κ1) is 17.3. The summed E-state index contributed by atoms with van der Waals surface area (Å²) in [5, 5.41) is 13.4. The largest absolute Gasteiger partial charge is 0.480 e. The zero-order valence-corrected chi connectivity index (χ0v) is 14.0. The molecule has 0 aliphatic rings. The predicted molar refractivity (Wildman–Crippen MR) is 90.6 cm³/mol. The van der Waals surface area contributed by atoms with Crippen LogP contribution in [0.5, 0.6) is 0 Å². The van der Waals surface area contributed by atoms with Gasteiger partial charge in [0.05, 0.1) is 0 Å². The van der Waals surface area contributed by atoms with Crippen molar-refractivity contribution in [1.29, 1.82) is 0 Å². The number of halogens is 1. The van der Waals surface area contributed by atoms with E-state index in [1.54, 1.807) is 0 Å². The molecule has 0 aliphatic heterocycles. The van der Waals surface area contributed by atoms with E-state index in [1.165, 1.54) is 0 Å². The van der Waals surface area contributed by atoms with Crippen molar-refractivity contribution in [2.24, 2.45) is 5.92 Å². The van der Waals surface area contributed by atoms with Crippen molar-refractivity contribution in [2.45, 2.75) is 39.3 Å². The fraction of sp³-hybridized carbons (Fsp3) is 0.412. The number of carboxylic acids is 1. The smallest absolute Gasteiger partial charge is 0.326 e. The first-order chi connectivity index (χ1) is 10.9. The van der Waals surface area contributed by atoms with Gasteiger partial charge in [-0.05, 0) is 24.1 Å². The Kier molecular flexibility index (Phi) is 5.66. The van der Waals surface area contributed by atoms with Gasteiger partial charge < -0.3 is 15.0 Å². The van der Waals surface area contributed by atoms with Crippen LogP contribution in [-0.2, 0) is 16.1 Å². The minimum Gasteiger partial charge on any atom is -0.480 e. The predicted octanol–water partition coefficient (Wildman–Crippen LogP) is 3.30. The van der Waals surface area contributed by atoms with Crippen LogP contribution in [-0.4, -0.2) is 27.6 Å². The zero-order valence-electron chi connectivity index (χ0n) is 13.3. The summed E-state index contributed by atoms with van der Waals surface area (Å²) in [6.07, 6.45) is 2.79. The van der Waals surface area contributed by atoms with E-state index in [2.05, 4.69) is 5.32 Å². The Hall–Kier alpha value is -2.01. The zero-order chi connectivity index (χ0) is 17.0. The molecule has 1 amide bonds. The molecular weight excluding hydrogens is 316 g/mol. The number of aryl methyl sites for hydroxylation is 1. The summed E-state index contributed by atoms with van der Waals surface area (Å²) < 4.78 is 1.94. The second-order valence-electron chi connectivity index (χ2n) is 5.70. The van der Waals surface area contributed by atoms with Gasteiger partial charge in [0.25, 0.3) is 0 Å². The van der Waals surface area contributed by atoms with Gasteiger partial charge in [-0.3, -0.25) is 4.79 Å². The summed E-state index contributed by atoms with van der Waals surface area (Å²) >= 11 is 6.13. The second-order valence-corrected chi connectivity index (χ2v) is 6.11. The Morgan fingerprint density at radius 3 is 2.74 bits per heavy atom. The number of carbonyl (C=O) groups excluding carboxylic acids is 1. The quantitative estimate of drug-likeness (QED) is 0.815. The van der Waals surface area contributed by atoms with Gasteiger partial charge in [0.2, 0.25) is 5.91 Å². The van der Waals surface area contributed by atoms with Gasteiger partial charge in [-0.2, -0.15) is 0 Å². The Morgan fingerprint density at radius 1 is 1.35 bits per heavy atom. The minimum absolute atomic E-state index is 0.109. The average Bonchev–Trinajstić information content (AvgIpc) is 2.94. The second kappa shape index (κ2) is 7.51. The van der Waals surface area contributed by atoms with Gasteiger partial charge >= 0.3 is 5.97 Å². The normalized spacial score (nSPS) is 13.7. The van der Waals surface area contributed by atoms with E-state index in [0.29, 0.717) is 18.0 Å². The summed E-state index contributed by atoms with van der Waals surface area (Å²) in [5.74, 6) is -1.37. The fourth-order valence-electron chi connectivity index (χ4n) is 2.53. The molecule has 0 fully saturated rings. The molecule has 23 heavy (non-hydrogen) atoms. The molecule has 1 heterocycles. The van der Waals surface area contributed by atoms with Crippen molar-refractivity contribution in [2.75, 3.05) is 0 Å². The molecule has 2 N–H and O–H groups in total. The Balaban J connectivity index is 2.00. The monoisotopic (exact) mass is 336 g/mol. The SMILES string of the molecule is CC[C@H](C)[C@@H](NC(=O)CCn1ccc2c(Cl)cccc21)C(=O)O. The van der Waals surface area contributed by atoms with Crippen LogP contribution in [0.3, 0.4) is 0 Å². The summed E-state index contributed by atoms with van der Waals surface area (Å²) in [5.41, 5.74) is 0.960. The third-order valence-electron chi connectivity index (χ3n) is 4.14. The molecule has 2 aromatic rings. The van der Waals surface area contributed by atoms with Crippen molar-refractivity contribution >= 4 is 34.4 Å². The van der Waals surface area contributed by atoms with Crippen molar-refractivity contribution in [3.63, 3.8) is 0 Å². The van der Waals surface area contributed by atoms with E-state index < -0.39 is 12.0 Å². The van der Waals surface area contributed by atoms with E-state index >= 15 is 0 Å². The first-order valence-electron chi connectivity index (χ1n) is 7.69. The van der Waals surface area contributed by atoms with Crippen LogP contribution in [0.2, 0.25) is 5.02 Å². The molecule has 0 spiro atoms. The molecule has 0 unspecified atom stereocenters. The minimum atomic E-state index is -0.995. The maximum absolute atomic E-state index is 12.1. The molecule has 0 radical (unpaired) electrons. The topological polar surface area (TPSA) is 71.3 Å². The lowest BCUT2D eigenvalue weighted by Crippen LogP contribution is -2.45. The van der Waals surface area contributed by atoms with Crippen molar-refractivity contribution < 1.29 is 14.7 Å². The summed E-state index contributed by atoms with van der Waals surface area (Å²) in [7, 11) is 0. The van der Waals surface area contributed by atoms with Crippen LogP contribution in [0.15, 0.2) is 30.5 Å². The lowest BCUT2D eigenvalue weighted by atomic mass is 9.99. The van der Waals surface area contributed by atoms with Crippen LogP contribution >= 0.6 is 11.6 Å². The standard InChI is InChI=1S/C17H21ClN2O3/c1-3-11(2)16(17(22)23)19-15(21)8-10-20-9-7-12-13(18)5-4-6-14(12)20/h4-7,9,11,16H,3,8,10H2,1-2H3,(H,19,21)(H,22,23)/t11-,16+/m0/s1. The number of carbonyl (C=O) groups is 2. The van der Waals surface area contributed by atoms with E-state index in [4.69, 9.17) is 11.6 Å². The van der Waals surface area contributed by atoms with Gasteiger partial charge in [-0.1, -0.05) is 37.9 Å². The Labute approximate surface area is 140 Å². The van der Waals surface area contributed by atoms with E-state index in [-0.39, 0.29) is 18.2 Å². The highest BCUT2D eigenvalue weighted by Gasteiger charge is 2.25. The number of hydrogen-bond donors (Lipinski definition) is 2. The lowest BCUT2D eigenvalue weighted by molar-refractivity contribution is -0.143. The van der Waals surface area contributed by atoms with Crippen molar-refractivity contribution in [1.82, 2.24) is 9.88 Å². The molecular formula is C17H21ClN2O3. The molecule has 0 saturated carbocycles. The highest BCUT2D eigenvalue weighted by molar-refractivity contribution is 6.35. The van der Waals surface area contributed by atoms with Gasteiger partial charge in [0.1, 0.15) is 6.04 Å². The van der Waals surface area contributed by atoms with E-state index in [0.717, 1.165) is 10.9 Å². The third kappa shape index (κ3) is 4.05. The molecule has 2 rings (SSSR count). The number of benzene rings is 1. The number of aliphatic carboxylic acids is 1. The van der Waals surface area contributed by atoms with Crippen LogP contribution in [0.4, 0.5) is 0 Å². The molecule has 2 atom stereocenters. The van der Waals surface area contributed by atoms with Crippen LogP contribution in [0.25, 0.3) is 10.9 Å². The van der Waals surface area contributed by atoms with Gasteiger partial charge in [-0.25, -0.2) is 4.79 Å². The molecule has 1 aromatic carbocycles. The Morgan fingerprint density at radius 2 is 2.09 bits per heavy atom. The van der Waals surface area contributed by atoms with Crippen LogP contribution in [0.1, 0.15) is 26.7 Å². The van der Waals surface area contributed by atoms with Gasteiger partial charge in [0.15, 0.2) is 0 Å². The molecule has 1 aromatic heterocycles. The van der Waals surface area contributed by atoms with E-state index in [1.807, 2.05) is 48.9 Å². The molecule has 0 saturated heterocycles. The number of aromatic nitrogens is 1. The number of fused-ring (bicyclic) bond motifs is 1.